The van der Waals surface area contributed by atoms with Crippen LogP contribution >= 0.6 is 11.6 Å². The summed E-state index contributed by atoms with van der Waals surface area (Å²) in [4.78, 5) is 16.2. The summed E-state index contributed by atoms with van der Waals surface area (Å²) in [5.74, 6) is -0.0961. The Morgan fingerprint density at radius 2 is 1.48 bits per heavy atom. The fourth-order valence-electron chi connectivity index (χ4n) is 2.25. The predicted octanol–water partition coefficient (Wildman–Crippen LogP) is 4.33. The highest BCUT2D eigenvalue weighted by atomic mass is 35.5. The first-order chi connectivity index (χ1) is 11.2. The number of halogens is 1. The number of aromatic nitrogens is 1. The maximum Gasteiger partial charge on any atom is 0.251 e. The fraction of sp³-hybridized carbons (Fsp3) is 0.0526. The van der Waals surface area contributed by atoms with Crippen molar-refractivity contribution >= 4 is 17.5 Å². The van der Waals surface area contributed by atoms with Crippen LogP contribution in [0, 0.1) is 0 Å². The number of carbonyl (C=O) groups is 1. The van der Waals surface area contributed by atoms with E-state index in [1.165, 1.54) is 0 Å². The van der Waals surface area contributed by atoms with Gasteiger partial charge in [0.1, 0.15) is 0 Å². The van der Waals surface area contributed by atoms with Gasteiger partial charge in [0.2, 0.25) is 0 Å². The molecule has 0 unspecified atom stereocenters. The van der Waals surface area contributed by atoms with Gasteiger partial charge in [0.25, 0.3) is 5.91 Å². The third kappa shape index (κ3) is 3.96. The minimum absolute atomic E-state index is 0.0961. The molecule has 1 N–H and O–H groups in total. The first-order valence-corrected chi connectivity index (χ1v) is 7.63. The molecule has 1 aromatic heterocycles. The molecule has 23 heavy (non-hydrogen) atoms. The summed E-state index contributed by atoms with van der Waals surface area (Å²) in [6.07, 6.45) is 3.50. The van der Waals surface area contributed by atoms with E-state index in [1.54, 1.807) is 12.4 Å². The number of hydrogen-bond acceptors (Lipinski definition) is 2. The SMILES string of the molecule is O=C(NCc1ccc(Cl)cc1)c1ccc(-c2ccncc2)cc1. The Kier molecular flexibility index (Phi) is 4.69. The van der Waals surface area contributed by atoms with E-state index in [4.69, 9.17) is 11.6 Å². The van der Waals surface area contributed by atoms with Crippen LogP contribution in [0.15, 0.2) is 73.1 Å². The van der Waals surface area contributed by atoms with Crippen molar-refractivity contribution in [2.24, 2.45) is 0 Å². The van der Waals surface area contributed by atoms with E-state index in [9.17, 15) is 4.79 Å². The average molecular weight is 323 g/mol. The third-order valence-corrected chi connectivity index (χ3v) is 3.78. The maximum absolute atomic E-state index is 12.2. The molecule has 0 aliphatic rings. The number of benzene rings is 2. The fourth-order valence-corrected chi connectivity index (χ4v) is 2.37. The second-order valence-electron chi connectivity index (χ2n) is 5.12. The van der Waals surface area contributed by atoms with Crippen LogP contribution in [-0.4, -0.2) is 10.9 Å². The Morgan fingerprint density at radius 1 is 0.870 bits per heavy atom. The lowest BCUT2D eigenvalue weighted by Crippen LogP contribution is -2.22. The van der Waals surface area contributed by atoms with E-state index in [0.29, 0.717) is 17.1 Å². The zero-order valence-electron chi connectivity index (χ0n) is 12.4. The van der Waals surface area contributed by atoms with Crippen LogP contribution in [-0.2, 0) is 6.54 Å². The van der Waals surface area contributed by atoms with Crippen LogP contribution in [0.1, 0.15) is 15.9 Å². The first kappa shape index (κ1) is 15.3. The summed E-state index contributed by atoms with van der Waals surface area (Å²) in [6, 6.07) is 18.8. The molecule has 0 fully saturated rings. The van der Waals surface area contributed by atoms with E-state index in [2.05, 4.69) is 10.3 Å². The Morgan fingerprint density at radius 3 is 2.13 bits per heavy atom. The maximum atomic E-state index is 12.2. The Hall–Kier alpha value is -2.65. The Labute approximate surface area is 140 Å². The lowest BCUT2D eigenvalue weighted by atomic mass is 10.0. The van der Waals surface area contributed by atoms with Crippen molar-refractivity contribution in [2.45, 2.75) is 6.54 Å². The number of pyridine rings is 1. The molecule has 3 aromatic rings. The molecule has 4 heteroatoms. The number of nitrogens with one attached hydrogen (secondary N) is 1. The number of rotatable bonds is 4. The molecule has 0 saturated heterocycles. The number of carbonyl (C=O) groups excluding carboxylic acids is 1. The van der Waals surface area contributed by atoms with Gasteiger partial charge in [-0.15, -0.1) is 0 Å². The second kappa shape index (κ2) is 7.07. The van der Waals surface area contributed by atoms with Crippen molar-refractivity contribution in [2.75, 3.05) is 0 Å². The Balaban J connectivity index is 1.65. The molecule has 114 valence electrons. The van der Waals surface area contributed by atoms with Gasteiger partial charge in [0, 0.05) is 29.5 Å². The van der Waals surface area contributed by atoms with Crippen molar-refractivity contribution in [1.29, 1.82) is 0 Å². The molecular formula is C19H15ClN2O. The van der Waals surface area contributed by atoms with E-state index < -0.39 is 0 Å². The number of amides is 1. The van der Waals surface area contributed by atoms with E-state index in [1.807, 2.05) is 60.7 Å². The van der Waals surface area contributed by atoms with Gasteiger partial charge >= 0.3 is 0 Å². The molecule has 0 spiro atoms. The Bertz CT molecular complexity index is 784. The smallest absolute Gasteiger partial charge is 0.251 e. The molecule has 1 amide bonds. The van der Waals surface area contributed by atoms with E-state index in [0.717, 1.165) is 16.7 Å². The minimum Gasteiger partial charge on any atom is -0.348 e. The van der Waals surface area contributed by atoms with Crippen LogP contribution < -0.4 is 5.32 Å². The first-order valence-electron chi connectivity index (χ1n) is 7.25. The molecule has 0 radical (unpaired) electrons. The predicted molar refractivity (Wildman–Crippen MR) is 92.3 cm³/mol. The normalized spacial score (nSPS) is 10.3. The average Bonchev–Trinajstić information content (AvgIpc) is 2.62. The summed E-state index contributed by atoms with van der Waals surface area (Å²) < 4.78 is 0. The number of hydrogen-bond donors (Lipinski definition) is 1. The zero-order valence-corrected chi connectivity index (χ0v) is 13.1. The van der Waals surface area contributed by atoms with Gasteiger partial charge in [-0.2, -0.15) is 0 Å². The molecule has 0 aliphatic heterocycles. The van der Waals surface area contributed by atoms with Crippen molar-refractivity contribution < 1.29 is 4.79 Å². The van der Waals surface area contributed by atoms with Gasteiger partial charge in [-0.1, -0.05) is 35.9 Å². The summed E-state index contributed by atoms with van der Waals surface area (Å²) in [5.41, 5.74) is 3.78. The monoisotopic (exact) mass is 322 g/mol. The topological polar surface area (TPSA) is 42.0 Å². The largest absolute Gasteiger partial charge is 0.348 e. The van der Waals surface area contributed by atoms with E-state index in [-0.39, 0.29) is 5.91 Å². The van der Waals surface area contributed by atoms with Crippen molar-refractivity contribution in [3.8, 4) is 11.1 Å². The molecular weight excluding hydrogens is 308 g/mol. The minimum atomic E-state index is -0.0961. The molecule has 2 aromatic carbocycles. The van der Waals surface area contributed by atoms with Crippen LogP contribution in [0.3, 0.4) is 0 Å². The van der Waals surface area contributed by atoms with Crippen LogP contribution in [0.5, 0.6) is 0 Å². The number of nitrogens with zero attached hydrogens (tertiary/aromatic N) is 1. The molecule has 0 bridgehead atoms. The van der Waals surface area contributed by atoms with Crippen molar-refractivity contribution in [1.82, 2.24) is 10.3 Å². The van der Waals surface area contributed by atoms with Gasteiger partial charge in [-0.25, -0.2) is 0 Å². The summed E-state index contributed by atoms with van der Waals surface area (Å²) >= 11 is 5.84. The standard InChI is InChI=1S/C19H15ClN2O/c20-18-7-1-14(2-8-18)13-22-19(23)17-5-3-15(4-6-17)16-9-11-21-12-10-16/h1-12H,13H2,(H,22,23). The zero-order chi connectivity index (χ0) is 16.1. The molecule has 0 atom stereocenters. The summed E-state index contributed by atoms with van der Waals surface area (Å²) in [7, 11) is 0. The third-order valence-electron chi connectivity index (χ3n) is 3.53. The van der Waals surface area contributed by atoms with Crippen molar-refractivity contribution in [3.63, 3.8) is 0 Å². The molecule has 0 saturated carbocycles. The molecule has 0 aliphatic carbocycles. The van der Waals surface area contributed by atoms with E-state index >= 15 is 0 Å². The van der Waals surface area contributed by atoms with Crippen molar-refractivity contribution in [3.05, 3.63) is 89.2 Å². The summed E-state index contributed by atoms with van der Waals surface area (Å²) in [6.45, 7) is 0.474. The highest BCUT2D eigenvalue weighted by Gasteiger charge is 2.06. The highest BCUT2D eigenvalue weighted by Crippen LogP contribution is 2.18. The van der Waals surface area contributed by atoms with Gasteiger partial charge < -0.3 is 5.32 Å². The van der Waals surface area contributed by atoms with Gasteiger partial charge in [0.15, 0.2) is 0 Å². The lowest BCUT2D eigenvalue weighted by Gasteiger charge is -2.07. The van der Waals surface area contributed by atoms with Gasteiger partial charge in [-0.3, -0.25) is 9.78 Å². The second-order valence-corrected chi connectivity index (χ2v) is 5.56. The lowest BCUT2D eigenvalue weighted by molar-refractivity contribution is 0.0951. The molecule has 3 rings (SSSR count). The molecule has 1 heterocycles. The highest BCUT2D eigenvalue weighted by molar-refractivity contribution is 6.30. The summed E-state index contributed by atoms with van der Waals surface area (Å²) in [5, 5.41) is 3.59. The quantitative estimate of drug-likeness (QED) is 0.776. The molecule has 3 nitrogen and oxygen atoms in total. The van der Waals surface area contributed by atoms with Crippen LogP contribution in [0.2, 0.25) is 5.02 Å². The van der Waals surface area contributed by atoms with Gasteiger partial charge in [-0.05, 0) is 53.1 Å². The van der Waals surface area contributed by atoms with Crippen LogP contribution in [0.4, 0.5) is 0 Å². The van der Waals surface area contributed by atoms with Crippen LogP contribution in [0.25, 0.3) is 11.1 Å². The van der Waals surface area contributed by atoms with Gasteiger partial charge in [0.05, 0.1) is 0 Å².